The summed E-state index contributed by atoms with van der Waals surface area (Å²) >= 11 is 0. The molecule has 4 rings (SSSR count). The molecule has 2 aromatic rings. The summed E-state index contributed by atoms with van der Waals surface area (Å²) in [6, 6.07) is 7.98. The van der Waals surface area contributed by atoms with Crippen molar-refractivity contribution >= 4 is 12.0 Å². The van der Waals surface area contributed by atoms with Gasteiger partial charge in [0.1, 0.15) is 36.6 Å². The van der Waals surface area contributed by atoms with E-state index in [9.17, 15) is 50.8 Å². The Kier molecular flexibility index (Phi) is 11.0. The molecule has 2 aliphatic rings. The van der Waals surface area contributed by atoms with Crippen molar-refractivity contribution in [2.24, 2.45) is 0 Å². The van der Waals surface area contributed by atoms with Gasteiger partial charge in [-0.05, 0) is 54.8 Å². The molecule has 0 aromatic heterocycles. The van der Waals surface area contributed by atoms with Crippen LogP contribution >= 0.6 is 0 Å². The van der Waals surface area contributed by atoms with E-state index in [1.54, 1.807) is 6.07 Å². The minimum absolute atomic E-state index is 0.0754. The minimum Gasteiger partial charge on any atom is -0.504 e. The Balaban J connectivity index is 1.52. The van der Waals surface area contributed by atoms with Gasteiger partial charge in [0, 0.05) is 6.08 Å². The molecule has 0 saturated carbocycles. The van der Waals surface area contributed by atoms with Gasteiger partial charge >= 0.3 is 5.97 Å². The van der Waals surface area contributed by atoms with Crippen molar-refractivity contribution in [2.45, 2.75) is 74.8 Å². The highest BCUT2D eigenvalue weighted by molar-refractivity contribution is 5.87. The van der Waals surface area contributed by atoms with Crippen LogP contribution in [-0.4, -0.2) is 127 Å². The van der Waals surface area contributed by atoms with Gasteiger partial charge in [-0.25, -0.2) is 4.79 Å². The van der Waals surface area contributed by atoms with Crippen molar-refractivity contribution in [1.29, 1.82) is 0 Å². The zero-order chi connectivity index (χ0) is 32.1. The van der Waals surface area contributed by atoms with Crippen molar-refractivity contribution < 1.29 is 74.4 Å². The molecule has 2 heterocycles. The Hall–Kier alpha value is -3.51. The van der Waals surface area contributed by atoms with Crippen LogP contribution in [0, 0.1) is 0 Å². The van der Waals surface area contributed by atoms with Crippen LogP contribution in [0.5, 0.6) is 23.0 Å². The lowest BCUT2D eigenvalue weighted by atomic mass is 9.97. The summed E-state index contributed by atoms with van der Waals surface area (Å²) in [6.45, 7) is 0.606. The number of phenolic OH excluding ortho intramolecular Hbond substituents is 4. The molecule has 2 aromatic carbocycles. The van der Waals surface area contributed by atoms with E-state index in [1.807, 2.05) is 0 Å². The molecule has 0 unspecified atom stereocenters. The van der Waals surface area contributed by atoms with E-state index in [2.05, 4.69) is 0 Å². The van der Waals surface area contributed by atoms with Crippen LogP contribution in [-0.2, 0) is 34.9 Å². The predicted molar refractivity (Wildman–Crippen MR) is 147 cm³/mol. The Morgan fingerprint density at radius 1 is 0.818 bits per heavy atom. The molecule has 0 aliphatic carbocycles. The lowest BCUT2D eigenvalue weighted by Gasteiger charge is -2.46. The number of carbonyl (C=O) groups excluding carboxylic acids is 1. The largest absolute Gasteiger partial charge is 0.504 e. The van der Waals surface area contributed by atoms with E-state index in [4.69, 9.17) is 23.7 Å². The third kappa shape index (κ3) is 7.76. The van der Waals surface area contributed by atoms with Crippen molar-refractivity contribution in [1.82, 2.24) is 0 Å². The molecule has 15 heteroatoms. The maximum atomic E-state index is 12.8. The summed E-state index contributed by atoms with van der Waals surface area (Å²) in [5, 5.41) is 90.5. The van der Waals surface area contributed by atoms with E-state index >= 15 is 0 Å². The van der Waals surface area contributed by atoms with Crippen LogP contribution in [0.3, 0.4) is 0 Å². The Morgan fingerprint density at radius 3 is 2.16 bits per heavy atom. The minimum atomic E-state index is -1.77. The van der Waals surface area contributed by atoms with Gasteiger partial charge in [-0.3, -0.25) is 0 Å². The molecule has 0 radical (unpaired) electrons. The molecule has 0 spiro atoms. The first-order valence-corrected chi connectivity index (χ1v) is 13.7. The number of hydrogen-bond donors (Lipinski definition) is 9. The Labute approximate surface area is 251 Å². The highest BCUT2D eigenvalue weighted by Gasteiger charge is 2.52. The van der Waals surface area contributed by atoms with Crippen LogP contribution in [0.4, 0.5) is 0 Å². The number of aromatic hydroxyl groups is 4. The third-order valence-electron chi connectivity index (χ3n) is 7.27. The number of rotatable bonds is 10. The fraction of sp³-hybridized carbons (Fsp3) is 0.483. The molecular formula is C29H36O15. The molecule has 9 N–H and O–H groups in total. The number of aliphatic hydroxyl groups is 5. The van der Waals surface area contributed by atoms with Crippen LogP contribution in [0.2, 0.25) is 0 Å². The first-order valence-electron chi connectivity index (χ1n) is 13.7. The number of phenols is 4. The third-order valence-corrected chi connectivity index (χ3v) is 7.27. The summed E-state index contributed by atoms with van der Waals surface area (Å²) in [7, 11) is 0. The van der Waals surface area contributed by atoms with Crippen molar-refractivity contribution in [3.8, 4) is 23.0 Å². The van der Waals surface area contributed by atoms with Gasteiger partial charge < -0.3 is 69.6 Å². The fourth-order valence-electron chi connectivity index (χ4n) is 4.76. The number of benzene rings is 2. The van der Waals surface area contributed by atoms with Crippen molar-refractivity contribution in [3.63, 3.8) is 0 Å². The zero-order valence-corrected chi connectivity index (χ0v) is 23.5. The number of ether oxygens (including phenoxy) is 5. The highest BCUT2D eigenvalue weighted by Crippen LogP contribution is 2.32. The molecule has 0 amide bonds. The molecule has 15 nitrogen and oxygen atoms in total. The lowest BCUT2D eigenvalue weighted by Crippen LogP contribution is -2.65. The van der Waals surface area contributed by atoms with Crippen LogP contribution in [0.1, 0.15) is 18.1 Å². The second-order valence-corrected chi connectivity index (χ2v) is 10.4. The van der Waals surface area contributed by atoms with E-state index in [-0.39, 0.29) is 30.3 Å². The smallest absolute Gasteiger partial charge is 0.331 e. The van der Waals surface area contributed by atoms with Crippen molar-refractivity contribution in [2.75, 3.05) is 13.2 Å². The van der Waals surface area contributed by atoms with E-state index in [1.165, 1.54) is 43.3 Å². The summed E-state index contributed by atoms with van der Waals surface area (Å²) in [6.07, 6.45) is -12.6. The van der Waals surface area contributed by atoms with Gasteiger partial charge in [-0.1, -0.05) is 12.1 Å². The van der Waals surface area contributed by atoms with Gasteiger partial charge in [0.25, 0.3) is 0 Å². The van der Waals surface area contributed by atoms with Gasteiger partial charge in [-0.15, -0.1) is 0 Å². The molecular weight excluding hydrogens is 588 g/mol. The molecule has 0 bridgehead atoms. The monoisotopic (exact) mass is 624 g/mol. The van der Waals surface area contributed by atoms with E-state index in [0.717, 1.165) is 6.08 Å². The number of hydrogen-bond acceptors (Lipinski definition) is 15. The Morgan fingerprint density at radius 2 is 1.50 bits per heavy atom. The van der Waals surface area contributed by atoms with Crippen molar-refractivity contribution in [3.05, 3.63) is 53.6 Å². The number of esters is 1. The van der Waals surface area contributed by atoms with Gasteiger partial charge in [0.2, 0.25) is 0 Å². The number of aliphatic hydroxyl groups excluding tert-OH is 5. The first kappa shape index (κ1) is 33.4. The molecule has 242 valence electrons. The topological polar surface area (TPSA) is 245 Å². The lowest BCUT2D eigenvalue weighted by molar-refractivity contribution is -0.357. The summed E-state index contributed by atoms with van der Waals surface area (Å²) in [5.74, 6) is -2.40. The van der Waals surface area contributed by atoms with Gasteiger partial charge in [-0.2, -0.15) is 0 Å². The molecule has 2 saturated heterocycles. The number of carbonyl (C=O) groups is 1. The quantitative estimate of drug-likeness (QED) is 0.0873. The predicted octanol–water partition coefficient (Wildman–Crippen LogP) is -1.02. The second-order valence-electron chi connectivity index (χ2n) is 10.4. The summed E-state index contributed by atoms with van der Waals surface area (Å²) < 4.78 is 28.2. The summed E-state index contributed by atoms with van der Waals surface area (Å²) in [5.41, 5.74) is 0.914. The normalized spacial score (nSPS) is 32.5. The second kappa shape index (κ2) is 14.5. The average Bonchev–Trinajstić information content (AvgIpc) is 2.99. The van der Waals surface area contributed by atoms with Crippen LogP contribution in [0.15, 0.2) is 42.5 Å². The van der Waals surface area contributed by atoms with Crippen LogP contribution in [0.25, 0.3) is 6.08 Å². The molecule has 2 fully saturated rings. The summed E-state index contributed by atoms with van der Waals surface area (Å²) in [4.78, 5) is 12.8. The average molecular weight is 625 g/mol. The van der Waals surface area contributed by atoms with E-state index < -0.39 is 79.7 Å². The van der Waals surface area contributed by atoms with E-state index in [0.29, 0.717) is 11.1 Å². The highest BCUT2D eigenvalue weighted by atomic mass is 16.7. The molecule has 2 aliphatic heterocycles. The SMILES string of the molecule is C[C@@H]1O[C@H](O[C@@H]2[C@H](O)[C@H](OCCc3ccc(O)c(O)c3)O[C@H](CO)[C@@H]2OC(=O)/C=C/c2ccc(O)c(O)c2)[C@@H](O)[C@@H](O)[C@@H]1O. The zero-order valence-electron chi connectivity index (χ0n) is 23.5. The maximum Gasteiger partial charge on any atom is 0.331 e. The van der Waals surface area contributed by atoms with Gasteiger partial charge in [0.15, 0.2) is 41.7 Å². The van der Waals surface area contributed by atoms with Crippen LogP contribution < -0.4 is 0 Å². The molecule has 10 atom stereocenters. The maximum absolute atomic E-state index is 12.8. The molecule has 44 heavy (non-hydrogen) atoms. The first-order chi connectivity index (χ1) is 20.9. The standard InChI is InChI=1S/C29H36O15/c1-13-22(36)23(37)24(38)29(41-13)44-27-25(39)28(40-9-8-15-3-6-17(32)19(34)11-15)42-20(12-30)26(27)43-21(35)7-4-14-2-5-16(31)18(33)10-14/h2-7,10-11,13,20,22-34,36-39H,8-9,12H2,1H3/b7-4+/t13-,20+,22+,23-,24-,25-,26-,27+,28+,29+/m0/s1. The van der Waals surface area contributed by atoms with Gasteiger partial charge in [0.05, 0.1) is 19.3 Å². The fourth-order valence-corrected chi connectivity index (χ4v) is 4.76. The Bertz CT molecular complexity index is 1300.